The van der Waals surface area contributed by atoms with Gasteiger partial charge in [-0.25, -0.2) is 4.79 Å². The van der Waals surface area contributed by atoms with Crippen LogP contribution in [0.15, 0.2) is 54.6 Å². The zero-order chi connectivity index (χ0) is 21.4. The molecule has 1 saturated heterocycles. The summed E-state index contributed by atoms with van der Waals surface area (Å²) in [5.41, 5.74) is 1.12. The highest BCUT2D eigenvalue weighted by atomic mass is 16.6. The summed E-state index contributed by atoms with van der Waals surface area (Å²) >= 11 is 0. The lowest BCUT2D eigenvalue weighted by Crippen LogP contribution is -2.57. The van der Waals surface area contributed by atoms with E-state index in [0.29, 0.717) is 24.7 Å². The number of nitrogens with zero attached hydrogens (tertiary/aromatic N) is 2. The molecule has 0 bridgehead atoms. The number of para-hydroxylation sites is 2. The lowest BCUT2D eigenvalue weighted by molar-refractivity contribution is -0.109. The molecule has 0 spiro atoms. The number of hydrogen-bond donors (Lipinski definition) is 1. The summed E-state index contributed by atoms with van der Waals surface area (Å²) in [6, 6.07) is 17.1. The number of nitrogens with one attached hydrogen (secondary N) is 1. The van der Waals surface area contributed by atoms with Gasteiger partial charge in [0.1, 0.15) is 0 Å². The van der Waals surface area contributed by atoms with Crippen molar-refractivity contribution < 1.29 is 19.1 Å². The van der Waals surface area contributed by atoms with Gasteiger partial charge in [-0.3, -0.25) is 4.79 Å². The van der Waals surface area contributed by atoms with Crippen molar-refractivity contribution in [1.29, 1.82) is 0 Å². The highest BCUT2D eigenvalue weighted by Crippen LogP contribution is 2.36. The van der Waals surface area contributed by atoms with E-state index < -0.39 is 11.6 Å². The average molecular weight is 412 g/mol. The highest BCUT2D eigenvalue weighted by Gasteiger charge is 2.40. The van der Waals surface area contributed by atoms with Crippen molar-refractivity contribution in [1.82, 2.24) is 10.2 Å². The first-order valence-corrected chi connectivity index (χ1v) is 10.1. The van der Waals surface area contributed by atoms with Crippen molar-refractivity contribution >= 4 is 18.2 Å². The monoisotopic (exact) mass is 411 g/mol. The van der Waals surface area contributed by atoms with Gasteiger partial charge in [-0.15, -0.1) is 0 Å². The van der Waals surface area contributed by atoms with E-state index in [-0.39, 0.29) is 0 Å². The fourth-order valence-electron chi connectivity index (χ4n) is 3.63. The molecule has 7 nitrogen and oxygen atoms in total. The van der Waals surface area contributed by atoms with Crippen LogP contribution in [0.1, 0.15) is 18.4 Å². The molecule has 0 saturated carbocycles. The molecule has 0 aliphatic carbocycles. The first-order chi connectivity index (χ1) is 14.6. The number of benzene rings is 2. The van der Waals surface area contributed by atoms with Gasteiger partial charge in [0.05, 0.1) is 24.4 Å². The SMILES string of the molecule is CN(C)C(=O)Oc1ccccc1N(C=O)C1(COCc2ccccc2)CCNCC1. The molecule has 0 aromatic heterocycles. The predicted octanol–water partition coefficient (Wildman–Crippen LogP) is 3.05. The Balaban J connectivity index is 1.85. The second kappa shape index (κ2) is 10.2. The van der Waals surface area contributed by atoms with E-state index in [4.69, 9.17) is 9.47 Å². The standard InChI is InChI=1S/C23H29N3O4/c1-25(2)22(28)30-21-11-7-6-10-20(21)26(18-27)23(12-14-24-15-13-23)17-29-16-19-8-4-3-5-9-19/h3-11,18,24H,12-17H2,1-2H3. The van der Waals surface area contributed by atoms with E-state index in [0.717, 1.165) is 37.9 Å². The quantitative estimate of drug-likeness (QED) is 0.676. The molecule has 0 atom stereocenters. The molecule has 1 fully saturated rings. The van der Waals surface area contributed by atoms with Crippen LogP contribution in [0, 0.1) is 0 Å². The lowest BCUT2D eigenvalue weighted by atomic mass is 9.87. The number of anilines is 1. The molecule has 1 aliphatic rings. The van der Waals surface area contributed by atoms with E-state index in [9.17, 15) is 9.59 Å². The second-order valence-electron chi connectivity index (χ2n) is 7.66. The Morgan fingerprint density at radius 3 is 2.40 bits per heavy atom. The number of rotatable bonds is 8. The maximum absolute atomic E-state index is 12.3. The molecule has 2 aromatic rings. The second-order valence-corrected chi connectivity index (χ2v) is 7.66. The van der Waals surface area contributed by atoms with Gasteiger partial charge in [0.2, 0.25) is 6.41 Å². The van der Waals surface area contributed by atoms with Crippen molar-refractivity contribution in [2.24, 2.45) is 0 Å². The van der Waals surface area contributed by atoms with E-state index in [2.05, 4.69) is 5.32 Å². The molecule has 0 radical (unpaired) electrons. The Labute approximate surface area is 177 Å². The predicted molar refractivity (Wildman–Crippen MR) is 116 cm³/mol. The van der Waals surface area contributed by atoms with Crippen molar-refractivity contribution in [2.45, 2.75) is 25.0 Å². The summed E-state index contributed by atoms with van der Waals surface area (Å²) in [4.78, 5) is 27.5. The minimum Gasteiger partial charge on any atom is -0.408 e. The Morgan fingerprint density at radius 2 is 1.73 bits per heavy atom. The number of carbonyl (C=O) groups is 2. The zero-order valence-electron chi connectivity index (χ0n) is 17.5. The summed E-state index contributed by atoms with van der Waals surface area (Å²) in [7, 11) is 3.24. The maximum Gasteiger partial charge on any atom is 0.414 e. The number of ether oxygens (including phenoxy) is 2. The minimum absolute atomic E-state index is 0.351. The van der Waals surface area contributed by atoms with Crippen LogP contribution in [0.25, 0.3) is 0 Å². The van der Waals surface area contributed by atoms with Gasteiger partial charge in [0.25, 0.3) is 0 Å². The summed E-state index contributed by atoms with van der Waals surface area (Å²) in [6.07, 6.45) is 1.79. The van der Waals surface area contributed by atoms with Crippen LogP contribution in [0.3, 0.4) is 0 Å². The fraction of sp³-hybridized carbons (Fsp3) is 0.391. The molecular formula is C23H29N3O4. The Morgan fingerprint density at radius 1 is 1.07 bits per heavy atom. The summed E-state index contributed by atoms with van der Waals surface area (Å²) < 4.78 is 11.6. The number of piperidine rings is 1. The molecule has 2 amide bonds. The lowest BCUT2D eigenvalue weighted by Gasteiger charge is -2.44. The van der Waals surface area contributed by atoms with Gasteiger partial charge < -0.3 is 24.6 Å². The smallest absolute Gasteiger partial charge is 0.408 e. The summed E-state index contributed by atoms with van der Waals surface area (Å²) in [5, 5.41) is 3.35. The van der Waals surface area contributed by atoms with Crippen LogP contribution >= 0.6 is 0 Å². The molecule has 1 aliphatic heterocycles. The largest absolute Gasteiger partial charge is 0.414 e. The fourth-order valence-corrected chi connectivity index (χ4v) is 3.63. The van der Waals surface area contributed by atoms with Crippen LogP contribution in [0.5, 0.6) is 5.75 Å². The van der Waals surface area contributed by atoms with Crippen molar-refractivity contribution in [2.75, 3.05) is 38.7 Å². The van der Waals surface area contributed by atoms with Crippen LogP contribution in [-0.4, -0.2) is 56.7 Å². The van der Waals surface area contributed by atoms with Crippen LogP contribution in [0.4, 0.5) is 10.5 Å². The van der Waals surface area contributed by atoms with E-state index in [1.807, 2.05) is 36.4 Å². The van der Waals surface area contributed by atoms with E-state index >= 15 is 0 Å². The first kappa shape index (κ1) is 21.8. The van der Waals surface area contributed by atoms with E-state index in [1.54, 1.807) is 37.2 Å². The third-order valence-corrected chi connectivity index (χ3v) is 5.32. The Kier molecular flexibility index (Phi) is 7.43. The molecular weight excluding hydrogens is 382 g/mol. The van der Waals surface area contributed by atoms with Crippen LogP contribution in [0.2, 0.25) is 0 Å². The molecule has 0 unspecified atom stereocenters. The van der Waals surface area contributed by atoms with Gasteiger partial charge in [0.15, 0.2) is 5.75 Å². The van der Waals surface area contributed by atoms with Crippen LogP contribution in [-0.2, 0) is 16.1 Å². The number of hydrogen-bond acceptors (Lipinski definition) is 5. The minimum atomic E-state index is -0.525. The van der Waals surface area contributed by atoms with E-state index in [1.165, 1.54) is 4.90 Å². The van der Waals surface area contributed by atoms with Gasteiger partial charge in [0, 0.05) is 14.1 Å². The summed E-state index contributed by atoms with van der Waals surface area (Å²) in [5.74, 6) is 0.351. The van der Waals surface area contributed by atoms with Crippen molar-refractivity contribution in [3.63, 3.8) is 0 Å². The average Bonchev–Trinajstić information content (AvgIpc) is 2.77. The van der Waals surface area contributed by atoms with Gasteiger partial charge in [-0.2, -0.15) is 0 Å². The molecule has 3 rings (SSSR count). The first-order valence-electron chi connectivity index (χ1n) is 10.1. The maximum atomic E-state index is 12.3. The summed E-state index contributed by atoms with van der Waals surface area (Å²) in [6.45, 7) is 2.41. The molecule has 7 heteroatoms. The number of amides is 2. The third kappa shape index (κ3) is 5.17. The van der Waals surface area contributed by atoms with Crippen molar-refractivity contribution in [3.8, 4) is 5.75 Å². The third-order valence-electron chi connectivity index (χ3n) is 5.32. The van der Waals surface area contributed by atoms with Crippen molar-refractivity contribution in [3.05, 3.63) is 60.2 Å². The Hall–Kier alpha value is -2.90. The Bertz CT molecular complexity index is 835. The zero-order valence-corrected chi connectivity index (χ0v) is 17.5. The van der Waals surface area contributed by atoms with Gasteiger partial charge in [-0.1, -0.05) is 42.5 Å². The number of carbonyl (C=O) groups excluding carboxylic acids is 2. The molecule has 1 N–H and O–H groups in total. The normalized spacial score (nSPS) is 15.3. The highest BCUT2D eigenvalue weighted by molar-refractivity contribution is 5.83. The molecule has 30 heavy (non-hydrogen) atoms. The van der Waals surface area contributed by atoms with Crippen LogP contribution < -0.4 is 15.0 Å². The molecule has 160 valence electrons. The van der Waals surface area contributed by atoms with Gasteiger partial charge >= 0.3 is 6.09 Å². The molecule has 2 aromatic carbocycles. The molecule has 1 heterocycles. The van der Waals surface area contributed by atoms with Gasteiger partial charge in [-0.05, 0) is 43.6 Å². The topological polar surface area (TPSA) is 71.1 Å².